The first-order chi connectivity index (χ1) is 12.6. The summed E-state index contributed by atoms with van der Waals surface area (Å²) in [5.41, 5.74) is 3.31. The number of phenolic OH excluding ortho intramolecular Hbond substituents is 1. The van der Waals surface area contributed by atoms with Crippen LogP contribution in [0.4, 0.5) is 0 Å². The maximum Gasteiger partial charge on any atom is 0.252 e. The van der Waals surface area contributed by atoms with Gasteiger partial charge in [-0.15, -0.1) is 0 Å². The van der Waals surface area contributed by atoms with Crippen LogP contribution in [0.2, 0.25) is 0 Å². The van der Waals surface area contributed by atoms with Gasteiger partial charge in [-0.25, -0.2) is 4.98 Å². The zero-order valence-electron chi connectivity index (χ0n) is 14.3. The first-order valence-electron chi connectivity index (χ1n) is 8.74. The van der Waals surface area contributed by atoms with Crippen LogP contribution in [0.3, 0.4) is 0 Å². The zero-order valence-corrected chi connectivity index (χ0v) is 14.3. The lowest BCUT2D eigenvalue weighted by Crippen LogP contribution is -2.41. The molecule has 0 spiro atoms. The Hall–Kier alpha value is -2.93. The Morgan fingerprint density at radius 3 is 2.85 bits per heavy atom. The van der Waals surface area contributed by atoms with E-state index in [0.29, 0.717) is 22.8 Å². The molecule has 1 saturated heterocycles. The summed E-state index contributed by atoms with van der Waals surface area (Å²) >= 11 is 0. The van der Waals surface area contributed by atoms with Crippen LogP contribution in [0.15, 0.2) is 30.3 Å². The van der Waals surface area contributed by atoms with Crippen molar-refractivity contribution < 1.29 is 9.90 Å². The van der Waals surface area contributed by atoms with Crippen LogP contribution in [0, 0.1) is 12.8 Å². The monoisotopic (exact) mass is 349 g/mol. The number of aromatic amines is 1. The summed E-state index contributed by atoms with van der Waals surface area (Å²) in [7, 11) is 0. The molecule has 2 aliphatic rings. The Morgan fingerprint density at radius 2 is 2.15 bits per heavy atom. The van der Waals surface area contributed by atoms with E-state index in [0.717, 1.165) is 36.2 Å². The van der Waals surface area contributed by atoms with Crippen molar-refractivity contribution in [2.75, 3.05) is 13.1 Å². The highest BCUT2D eigenvalue weighted by Crippen LogP contribution is 2.46. The number of aromatic hydroxyl groups is 1. The van der Waals surface area contributed by atoms with E-state index in [1.54, 1.807) is 24.3 Å². The number of aromatic nitrogens is 3. The standard InChI is InChI=1S/C19H19N5O2/c1-10-16-14(18(26)22-19-7-12(19)8-20-9-19)6-15(21-17(16)24-23-10)11-2-4-13(25)5-3-11/h2-6,12,20,25H,7-9H2,1H3,(H,22,26)(H,21,23,24)/t12?,19-/m0/s1. The number of H-pyrrole nitrogens is 1. The minimum atomic E-state index is -0.0942. The predicted molar refractivity (Wildman–Crippen MR) is 96.9 cm³/mol. The van der Waals surface area contributed by atoms with Gasteiger partial charge in [-0.3, -0.25) is 9.89 Å². The molecule has 26 heavy (non-hydrogen) atoms. The average Bonchev–Trinajstić information content (AvgIpc) is 2.96. The quantitative estimate of drug-likeness (QED) is 0.577. The number of carbonyl (C=O) groups is 1. The van der Waals surface area contributed by atoms with E-state index in [2.05, 4.69) is 25.8 Å². The van der Waals surface area contributed by atoms with Crippen LogP contribution in [0.5, 0.6) is 5.75 Å². The van der Waals surface area contributed by atoms with E-state index in [9.17, 15) is 9.90 Å². The molecule has 2 fully saturated rings. The number of amides is 1. The predicted octanol–water partition coefficient (Wildman–Crippen LogP) is 1.73. The molecule has 3 heterocycles. The van der Waals surface area contributed by atoms with Gasteiger partial charge in [-0.05, 0) is 49.6 Å². The lowest BCUT2D eigenvalue weighted by molar-refractivity contribution is 0.0933. The summed E-state index contributed by atoms with van der Waals surface area (Å²) in [6, 6.07) is 8.58. The van der Waals surface area contributed by atoms with Crippen LogP contribution in [-0.4, -0.2) is 44.8 Å². The van der Waals surface area contributed by atoms with Gasteiger partial charge >= 0.3 is 0 Å². The molecule has 0 bridgehead atoms. The number of carbonyl (C=O) groups excluding carboxylic acids is 1. The third kappa shape index (κ3) is 2.28. The number of pyridine rings is 1. The number of phenols is 1. The normalized spacial score (nSPS) is 23.8. The fraction of sp³-hybridized carbons (Fsp3) is 0.316. The number of nitrogens with one attached hydrogen (secondary N) is 3. The minimum Gasteiger partial charge on any atom is -0.508 e. The van der Waals surface area contributed by atoms with Crippen LogP contribution >= 0.6 is 0 Å². The number of aryl methyl sites for hydroxylation is 1. The average molecular weight is 349 g/mol. The fourth-order valence-electron chi connectivity index (χ4n) is 3.96. The molecule has 7 nitrogen and oxygen atoms in total. The van der Waals surface area contributed by atoms with Gasteiger partial charge < -0.3 is 15.7 Å². The minimum absolute atomic E-state index is 0.0897. The Kier molecular flexibility index (Phi) is 3.12. The molecule has 132 valence electrons. The Morgan fingerprint density at radius 1 is 1.35 bits per heavy atom. The second-order valence-corrected chi connectivity index (χ2v) is 7.29. The van der Waals surface area contributed by atoms with Crippen molar-refractivity contribution in [1.82, 2.24) is 25.8 Å². The van der Waals surface area contributed by atoms with Gasteiger partial charge in [0, 0.05) is 24.3 Å². The lowest BCUT2D eigenvalue weighted by atomic mass is 10.0. The van der Waals surface area contributed by atoms with Crippen LogP contribution in [0.25, 0.3) is 22.3 Å². The molecule has 1 aliphatic carbocycles. The van der Waals surface area contributed by atoms with Crippen LogP contribution in [-0.2, 0) is 0 Å². The van der Waals surface area contributed by atoms with Crippen LogP contribution < -0.4 is 10.6 Å². The van der Waals surface area contributed by atoms with Gasteiger partial charge in [0.25, 0.3) is 5.91 Å². The summed E-state index contributed by atoms with van der Waals surface area (Å²) < 4.78 is 0. The number of hydrogen-bond donors (Lipinski definition) is 4. The summed E-state index contributed by atoms with van der Waals surface area (Å²) in [5, 5.41) is 24.0. The van der Waals surface area contributed by atoms with Gasteiger partial charge in [0.05, 0.1) is 22.2 Å². The topological polar surface area (TPSA) is 103 Å². The molecule has 1 aromatic carbocycles. The van der Waals surface area contributed by atoms with Gasteiger partial charge in [-0.2, -0.15) is 5.10 Å². The van der Waals surface area contributed by atoms with E-state index in [4.69, 9.17) is 0 Å². The number of rotatable bonds is 3. The largest absolute Gasteiger partial charge is 0.508 e. The third-order valence-corrected chi connectivity index (χ3v) is 5.54. The summed E-state index contributed by atoms with van der Waals surface area (Å²) in [4.78, 5) is 17.7. The number of fused-ring (bicyclic) bond motifs is 2. The molecule has 2 atom stereocenters. The summed E-state index contributed by atoms with van der Waals surface area (Å²) in [6.07, 6.45) is 1.04. The molecule has 5 rings (SSSR count). The summed E-state index contributed by atoms with van der Waals surface area (Å²) in [5.74, 6) is 0.634. The summed E-state index contributed by atoms with van der Waals surface area (Å²) in [6.45, 7) is 3.69. The lowest BCUT2D eigenvalue weighted by Gasteiger charge is -2.15. The number of hydrogen-bond acceptors (Lipinski definition) is 5. The van der Waals surface area contributed by atoms with Crippen molar-refractivity contribution in [3.63, 3.8) is 0 Å². The second-order valence-electron chi connectivity index (χ2n) is 7.29. The number of benzene rings is 1. The Balaban J connectivity index is 1.59. The molecule has 7 heteroatoms. The Labute approximate surface area is 149 Å². The van der Waals surface area contributed by atoms with Gasteiger partial charge in [-0.1, -0.05) is 0 Å². The molecular weight excluding hydrogens is 330 g/mol. The second kappa shape index (κ2) is 5.28. The first kappa shape index (κ1) is 15.3. The van der Waals surface area contributed by atoms with Crippen LogP contribution in [0.1, 0.15) is 22.5 Å². The molecule has 0 radical (unpaired) electrons. The first-order valence-corrected chi connectivity index (χ1v) is 8.74. The number of nitrogens with zero attached hydrogens (tertiary/aromatic N) is 2. The van der Waals surface area contributed by atoms with Crippen molar-refractivity contribution in [3.05, 3.63) is 41.6 Å². The SMILES string of the molecule is Cc1[nH]nc2nc(-c3ccc(O)cc3)cc(C(=O)N[C@@]34CNCC3C4)c12. The molecule has 1 aliphatic heterocycles. The van der Waals surface area contributed by atoms with Crippen molar-refractivity contribution in [2.45, 2.75) is 18.9 Å². The zero-order chi connectivity index (χ0) is 17.9. The molecule has 2 aromatic heterocycles. The van der Waals surface area contributed by atoms with Crippen molar-refractivity contribution in [2.24, 2.45) is 5.92 Å². The van der Waals surface area contributed by atoms with E-state index in [1.807, 2.05) is 13.0 Å². The maximum absolute atomic E-state index is 13.1. The third-order valence-electron chi connectivity index (χ3n) is 5.54. The van der Waals surface area contributed by atoms with Gasteiger partial charge in [0.15, 0.2) is 5.65 Å². The van der Waals surface area contributed by atoms with E-state index < -0.39 is 0 Å². The fourth-order valence-corrected chi connectivity index (χ4v) is 3.96. The smallest absolute Gasteiger partial charge is 0.252 e. The highest BCUT2D eigenvalue weighted by Gasteiger charge is 2.58. The molecule has 3 aromatic rings. The molecule has 1 unspecified atom stereocenters. The van der Waals surface area contributed by atoms with Crippen molar-refractivity contribution in [1.29, 1.82) is 0 Å². The molecule has 1 amide bonds. The van der Waals surface area contributed by atoms with E-state index >= 15 is 0 Å². The maximum atomic E-state index is 13.1. The van der Waals surface area contributed by atoms with Crippen molar-refractivity contribution in [3.8, 4) is 17.0 Å². The van der Waals surface area contributed by atoms with E-state index in [1.165, 1.54) is 0 Å². The number of piperidine rings is 1. The Bertz CT molecular complexity index is 1030. The highest BCUT2D eigenvalue weighted by atomic mass is 16.3. The van der Waals surface area contributed by atoms with E-state index in [-0.39, 0.29) is 17.2 Å². The van der Waals surface area contributed by atoms with Gasteiger partial charge in [0.2, 0.25) is 0 Å². The molecule has 4 N–H and O–H groups in total. The highest BCUT2D eigenvalue weighted by molar-refractivity contribution is 6.07. The van der Waals surface area contributed by atoms with Gasteiger partial charge in [0.1, 0.15) is 5.75 Å². The molecule has 1 saturated carbocycles. The van der Waals surface area contributed by atoms with Crippen molar-refractivity contribution >= 4 is 16.9 Å². The molecular formula is C19H19N5O2.